The first-order chi connectivity index (χ1) is 9.50. The van der Waals surface area contributed by atoms with Crippen molar-refractivity contribution >= 4 is 17.4 Å². The van der Waals surface area contributed by atoms with E-state index in [2.05, 4.69) is 10.2 Å². The van der Waals surface area contributed by atoms with E-state index >= 15 is 0 Å². The SMILES string of the molecule is CCOC(=O)[C@@]1(C)C2c3ccccc3N=NC21C(C)=O. The van der Waals surface area contributed by atoms with Gasteiger partial charge in [-0.25, -0.2) is 0 Å². The summed E-state index contributed by atoms with van der Waals surface area (Å²) in [7, 11) is 0. The summed E-state index contributed by atoms with van der Waals surface area (Å²) in [4.78, 5) is 24.5. The molecule has 1 aromatic carbocycles. The van der Waals surface area contributed by atoms with E-state index < -0.39 is 11.0 Å². The molecule has 104 valence electrons. The highest BCUT2D eigenvalue weighted by Crippen LogP contribution is 2.73. The van der Waals surface area contributed by atoms with Crippen LogP contribution in [0, 0.1) is 5.41 Å². The minimum atomic E-state index is -1.09. The molecule has 0 saturated heterocycles. The summed E-state index contributed by atoms with van der Waals surface area (Å²) in [5, 5.41) is 8.35. The van der Waals surface area contributed by atoms with E-state index in [1.54, 1.807) is 13.8 Å². The number of hydrogen-bond donors (Lipinski definition) is 0. The molecule has 0 amide bonds. The lowest BCUT2D eigenvalue weighted by Crippen LogP contribution is -2.31. The van der Waals surface area contributed by atoms with Crippen molar-refractivity contribution in [3.63, 3.8) is 0 Å². The predicted molar refractivity (Wildman–Crippen MR) is 71.9 cm³/mol. The molecule has 2 aliphatic rings. The van der Waals surface area contributed by atoms with E-state index in [-0.39, 0.29) is 24.3 Å². The van der Waals surface area contributed by atoms with Gasteiger partial charge in [-0.05, 0) is 32.4 Å². The van der Waals surface area contributed by atoms with Crippen LogP contribution in [-0.4, -0.2) is 23.9 Å². The van der Waals surface area contributed by atoms with Gasteiger partial charge in [0.2, 0.25) is 0 Å². The zero-order valence-electron chi connectivity index (χ0n) is 11.7. The van der Waals surface area contributed by atoms with Crippen LogP contribution in [0.15, 0.2) is 34.5 Å². The van der Waals surface area contributed by atoms with Gasteiger partial charge in [0.05, 0.1) is 12.3 Å². The van der Waals surface area contributed by atoms with Gasteiger partial charge in [0.15, 0.2) is 11.3 Å². The molecule has 20 heavy (non-hydrogen) atoms. The molecule has 0 N–H and O–H groups in total. The Morgan fingerprint density at radius 2 is 2.05 bits per heavy atom. The lowest BCUT2D eigenvalue weighted by molar-refractivity contribution is -0.150. The van der Waals surface area contributed by atoms with Gasteiger partial charge in [0.1, 0.15) is 5.41 Å². The largest absolute Gasteiger partial charge is 0.465 e. The Balaban J connectivity index is 2.15. The fraction of sp³-hybridized carbons (Fsp3) is 0.467. The van der Waals surface area contributed by atoms with E-state index in [4.69, 9.17) is 4.74 Å². The molecule has 3 atom stereocenters. The zero-order valence-corrected chi connectivity index (χ0v) is 11.7. The van der Waals surface area contributed by atoms with Crippen molar-refractivity contribution in [3.05, 3.63) is 29.8 Å². The predicted octanol–water partition coefficient (Wildman–Crippen LogP) is 2.78. The zero-order chi connectivity index (χ0) is 14.5. The summed E-state index contributed by atoms with van der Waals surface area (Å²) >= 11 is 0. The second-order valence-electron chi connectivity index (χ2n) is 5.44. The van der Waals surface area contributed by atoms with Gasteiger partial charge in [0, 0.05) is 5.92 Å². The molecule has 0 radical (unpaired) electrons. The number of rotatable bonds is 3. The second-order valence-corrected chi connectivity index (χ2v) is 5.44. The molecule has 5 nitrogen and oxygen atoms in total. The number of nitrogens with zero attached hydrogens (tertiary/aromatic N) is 2. The quantitative estimate of drug-likeness (QED) is 0.794. The van der Waals surface area contributed by atoms with Gasteiger partial charge in [-0.1, -0.05) is 18.2 Å². The van der Waals surface area contributed by atoms with E-state index in [1.807, 2.05) is 24.3 Å². The van der Waals surface area contributed by atoms with Gasteiger partial charge in [0.25, 0.3) is 0 Å². The normalized spacial score (nSPS) is 33.0. The maximum Gasteiger partial charge on any atom is 0.315 e. The minimum absolute atomic E-state index is 0.142. The van der Waals surface area contributed by atoms with Crippen LogP contribution in [0.4, 0.5) is 5.69 Å². The Labute approximate surface area is 117 Å². The maximum absolute atomic E-state index is 12.3. The third kappa shape index (κ3) is 1.27. The third-order valence-corrected chi connectivity index (χ3v) is 4.50. The van der Waals surface area contributed by atoms with Crippen LogP contribution in [-0.2, 0) is 14.3 Å². The summed E-state index contributed by atoms with van der Waals surface area (Å²) in [5.74, 6) is -0.799. The fourth-order valence-electron chi connectivity index (χ4n) is 3.45. The van der Waals surface area contributed by atoms with Gasteiger partial charge in [-0.2, -0.15) is 10.2 Å². The van der Waals surface area contributed by atoms with E-state index in [9.17, 15) is 9.59 Å². The van der Waals surface area contributed by atoms with Crippen LogP contribution in [0.5, 0.6) is 0 Å². The van der Waals surface area contributed by atoms with Crippen LogP contribution in [0.2, 0.25) is 0 Å². The Hall–Kier alpha value is -2.04. The highest BCUT2D eigenvalue weighted by molar-refractivity contribution is 6.04. The molecule has 5 heteroatoms. The Kier molecular flexibility index (Phi) is 2.58. The minimum Gasteiger partial charge on any atom is -0.465 e. The molecule has 1 aromatic rings. The molecule has 0 spiro atoms. The Morgan fingerprint density at radius 3 is 2.70 bits per heavy atom. The number of fused-ring (bicyclic) bond motifs is 3. The van der Waals surface area contributed by atoms with Crippen molar-refractivity contribution in [2.24, 2.45) is 15.6 Å². The highest BCUT2D eigenvalue weighted by atomic mass is 16.5. The number of esters is 1. The third-order valence-electron chi connectivity index (χ3n) is 4.50. The van der Waals surface area contributed by atoms with Gasteiger partial charge in [-0.3, -0.25) is 9.59 Å². The Bertz CT molecular complexity index is 640. The molecule has 1 aliphatic heterocycles. The molecular weight excluding hydrogens is 256 g/mol. The average molecular weight is 272 g/mol. The van der Waals surface area contributed by atoms with Crippen molar-refractivity contribution in [1.82, 2.24) is 0 Å². The highest BCUT2D eigenvalue weighted by Gasteiger charge is 2.84. The first kappa shape index (κ1) is 13.0. The average Bonchev–Trinajstić information content (AvgIpc) is 3.03. The molecule has 3 rings (SSSR count). The monoisotopic (exact) mass is 272 g/mol. The number of azo groups is 1. The smallest absolute Gasteiger partial charge is 0.315 e. The van der Waals surface area contributed by atoms with Crippen LogP contribution < -0.4 is 0 Å². The number of carbonyl (C=O) groups excluding carboxylic acids is 2. The van der Waals surface area contributed by atoms with Gasteiger partial charge < -0.3 is 4.74 Å². The number of carbonyl (C=O) groups is 2. The summed E-state index contributed by atoms with van der Waals surface area (Å²) in [6, 6.07) is 7.49. The molecule has 1 fully saturated rings. The van der Waals surface area contributed by atoms with E-state index in [0.29, 0.717) is 0 Å². The number of ether oxygens (including phenoxy) is 1. The Morgan fingerprint density at radius 1 is 1.35 bits per heavy atom. The number of hydrogen-bond acceptors (Lipinski definition) is 5. The van der Waals surface area contributed by atoms with Crippen LogP contribution in [0.3, 0.4) is 0 Å². The molecule has 2 unspecified atom stereocenters. The summed E-state index contributed by atoms with van der Waals surface area (Å²) in [6.07, 6.45) is 0. The molecule has 0 bridgehead atoms. The van der Waals surface area contributed by atoms with Crippen molar-refractivity contribution in [3.8, 4) is 0 Å². The number of ketones is 1. The molecule has 1 aliphatic carbocycles. The molecule has 0 aromatic heterocycles. The lowest BCUT2D eigenvalue weighted by Gasteiger charge is -2.14. The van der Waals surface area contributed by atoms with E-state index in [0.717, 1.165) is 11.3 Å². The van der Waals surface area contributed by atoms with Gasteiger partial charge >= 0.3 is 5.97 Å². The molecular formula is C15H16N2O3. The number of benzene rings is 1. The number of Topliss-reactive ketones (excluding diaryl/α,β-unsaturated/α-hetero) is 1. The second kappa shape index (κ2) is 3.98. The summed E-state index contributed by atoms with van der Waals surface area (Å²) in [6.45, 7) is 5.25. The van der Waals surface area contributed by atoms with Crippen molar-refractivity contribution in [1.29, 1.82) is 0 Å². The summed E-state index contributed by atoms with van der Waals surface area (Å²) in [5.41, 5.74) is -0.422. The molecule has 1 heterocycles. The van der Waals surface area contributed by atoms with Crippen LogP contribution in [0.1, 0.15) is 32.3 Å². The first-order valence-electron chi connectivity index (χ1n) is 6.70. The fourth-order valence-corrected chi connectivity index (χ4v) is 3.45. The van der Waals surface area contributed by atoms with Crippen LogP contribution in [0.25, 0.3) is 0 Å². The van der Waals surface area contributed by atoms with Crippen molar-refractivity contribution in [2.75, 3.05) is 6.61 Å². The van der Waals surface area contributed by atoms with Gasteiger partial charge in [-0.15, -0.1) is 0 Å². The van der Waals surface area contributed by atoms with Crippen molar-refractivity contribution in [2.45, 2.75) is 32.2 Å². The standard InChI is InChI=1S/C15H16N2O3/c1-4-20-13(19)14(3)12-10-7-5-6-8-11(10)16-17-15(12,14)9(2)18/h5-8,12H,4H2,1-3H3/t12?,14-,15?/m1/s1. The molecule has 1 saturated carbocycles. The van der Waals surface area contributed by atoms with Crippen molar-refractivity contribution < 1.29 is 14.3 Å². The lowest BCUT2D eigenvalue weighted by atomic mass is 9.99. The first-order valence-corrected chi connectivity index (χ1v) is 6.70. The maximum atomic E-state index is 12.3. The topological polar surface area (TPSA) is 68.1 Å². The van der Waals surface area contributed by atoms with E-state index in [1.165, 1.54) is 6.92 Å². The van der Waals surface area contributed by atoms with Crippen LogP contribution >= 0.6 is 0 Å². The summed E-state index contributed by atoms with van der Waals surface area (Å²) < 4.78 is 5.16.